The third-order valence-corrected chi connectivity index (χ3v) is 4.33. The molecule has 1 unspecified atom stereocenters. The number of fused-ring (bicyclic) bond motifs is 1. The number of rotatable bonds is 1. The van der Waals surface area contributed by atoms with Crippen molar-refractivity contribution in [1.82, 2.24) is 9.80 Å². The molecule has 2 aliphatic heterocycles. The summed E-state index contributed by atoms with van der Waals surface area (Å²) < 4.78 is 0. The van der Waals surface area contributed by atoms with Crippen molar-refractivity contribution in [2.45, 2.75) is 25.3 Å². The van der Waals surface area contributed by atoms with Crippen LogP contribution in [-0.2, 0) is 0 Å². The van der Waals surface area contributed by atoms with Crippen molar-refractivity contribution in [2.24, 2.45) is 0 Å². The predicted octanol–water partition coefficient (Wildman–Crippen LogP) is 1.41. The molecule has 5 heteroatoms. The first-order valence-corrected chi connectivity index (χ1v) is 7.21. The van der Waals surface area contributed by atoms with Crippen LogP contribution in [0.15, 0.2) is 18.2 Å². The van der Waals surface area contributed by atoms with Gasteiger partial charge in [0.2, 0.25) is 0 Å². The normalized spacial score (nSPS) is 23.4. The third kappa shape index (κ3) is 2.33. The van der Waals surface area contributed by atoms with E-state index in [0.29, 0.717) is 19.1 Å². The smallest absolute Gasteiger partial charge is 0.261 e. The molecular formula is C15H20N2O3. The summed E-state index contributed by atoms with van der Waals surface area (Å²) >= 11 is 0. The second kappa shape index (κ2) is 5.32. The number of benzene rings is 1. The quantitative estimate of drug-likeness (QED) is 0.814. The monoisotopic (exact) mass is 276 g/mol. The number of carbonyl (C=O) groups is 1. The number of carbonyl (C=O) groups excluding carboxylic acids is 1. The summed E-state index contributed by atoms with van der Waals surface area (Å²) in [7, 11) is 0. The van der Waals surface area contributed by atoms with Crippen LogP contribution in [-0.4, -0.2) is 58.1 Å². The van der Waals surface area contributed by atoms with Crippen molar-refractivity contribution in [3.63, 3.8) is 0 Å². The van der Waals surface area contributed by atoms with Gasteiger partial charge in [0.15, 0.2) is 0 Å². The van der Waals surface area contributed by atoms with Crippen LogP contribution in [0.2, 0.25) is 0 Å². The van der Waals surface area contributed by atoms with E-state index in [9.17, 15) is 15.0 Å². The molecule has 0 spiro atoms. The van der Waals surface area contributed by atoms with Gasteiger partial charge in [-0.05, 0) is 37.9 Å². The van der Waals surface area contributed by atoms with Crippen LogP contribution in [0, 0.1) is 0 Å². The Morgan fingerprint density at radius 1 is 1.10 bits per heavy atom. The minimum absolute atomic E-state index is 0.0268. The van der Waals surface area contributed by atoms with Gasteiger partial charge in [0, 0.05) is 25.7 Å². The molecule has 0 saturated carbocycles. The summed E-state index contributed by atoms with van der Waals surface area (Å²) in [6, 6.07) is 4.83. The van der Waals surface area contributed by atoms with Gasteiger partial charge < -0.3 is 15.1 Å². The first-order valence-electron chi connectivity index (χ1n) is 7.21. The van der Waals surface area contributed by atoms with Crippen LogP contribution >= 0.6 is 0 Å². The SMILES string of the molecule is O=C(c1c(O)cccc1O)N1CCCN2CCCC2C1. The van der Waals surface area contributed by atoms with Gasteiger partial charge >= 0.3 is 0 Å². The van der Waals surface area contributed by atoms with Gasteiger partial charge in [0.25, 0.3) is 5.91 Å². The molecule has 2 heterocycles. The van der Waals surface area contributed by atoms with E-state index in [1.165, 1.54) is 24.6 Å². The molecule has 3 rings (SSSR count). The van der Waals surface area contributed by atoms with E-state index in [2.05, 4.69) is 4.90 Å². The fraction of sp³-hybridized carbons (Fsp3) is 0.533. The van der Waals surface area contributed by atoms with E-state index in [0.717, 1.165) is 25.9 Å². The van der Waals surface area contributed by atoms with E-state index < -0.39 is 0 Å². The maximum Gasteiger partial charge on any atom is 0.261 e. The first-order chi connectivity index (χ1) is 9.66. The zero-order valence-corrected chi connectivity index (χ0v) is 11.5. The molecule has 5 nitrogen and oxygen atoms in total. The second-order valence-corrected chi connectivity index (χ2v) is 5.61. The highest BCUT2D eigenvalue weighted by atomic mass is 16.3. The number of phenolic OH excluding ortho intramolecular Hbond substituents is 2. The summed E-state index contributed by atoms with van der Waals surface area (Å²) in [5.74, 6) is -0.570. The van der Waals surface area contributed by atoms with Crippen molar-refractivity contribution < 1.29 is 15.0 Å². The molecule has 2 saturated heterocycles. The number of hydrogen-bond acceptors (Lipinski definition) is 4. The molecule has 1 aromatic carbocycles. The number of phenols is 2. The molecule has 1 atom stereocenters. The van der Waals surface area contributed by atoms with E-state index in [1.807, 2.05) is 0 Å². The lowest BCUT2D eigenvalue weighted by Gasteiger charge is -2.26. The summed E-state index contributed by atoms with van der Waals surface area (Å²) in [5.41, 5.74) is 0.0268. The fourth-order valence-corrected chi connectivity index (χ4v) is 3.30. The topological polar surface area (TPSA) is 64.0 Å². The van der Waals surface area contributed by atoms with E-state index in [4.69, 9.17) is 0 Å². The molecule has 0 aromatic heterocycles. The largest absolute Gasteiger partial charge is 0.507 e. The Bertz CT molecular complexity index is 498. The van der Waals surface area contributed by atoms with Crippen LogP contribution < -0.4 is 0 Å². The Morgan fingerprint density at radius 2 is 1.80 bits per heavy atom. The summed E-state index contributed by atoms with van der Waals surface area (Å²) in [5, 5.41) is 19.7. The Labute approximate surface area is 118 Å². The average molecular weight is 276 g/mol. The number of amides is 1. The Morgan fingerprint density at radius 3 is 2.55 bits per heavy atom. The fourth-order valence-electron chi connectivity index (χ4n) is 3.30. The summed E-state index contributed by atoms with van der Waals surface area (Å²) in [4.78, 5) is 16.8. The van der Waals surface area contributed by atoms with Gasteiger partial charge in [-0.15, -0.1) is 0 Å². The van der Waals surface area contributed by atoms with Crippen molar-refractivity contribution >= 4 is 5.91 Å². The molecule has 2 N–H and O–H groups in total. The van der Waals surface area contributed by atoms with Crippen molar-refractivity contribution in [3.8, 4) is 11.5 Å². The van der Waals surface area contributed by atoms with Gasteiger partial charge in [-0.3, -0.25) is 9.69 Å². The average Bonchev–Trinajstić information content (AvgIpc) is 2.75. The molecule has 1 aromatic rings. The Balaban J connectivity index is 1.83. The maximum atomic E-state index is 12.6. The minimum Gasteiger partial charge on any atom is -0.507 e. The van der Waals surface area contributed by atoms with Crippen molar-refractivity contribution in [3.05, 3.63) is 23.8 Å². The zero-order valence-electron chi connectivity index (χ0n) is 11.5. The first kappa shape index (κ1) is 13.2. The molecule has 20 heavy (non-hydrogen) atoms. The van der Waals surface area contributed by atoms with Crippen LogP contribution in [0.4, 0.5) is 0 Å². The van der Waals surface area contributed by atoms with Crippen LogP contribution in [0.1, 0.15) is 29.6 Å². The van der Waals surface area contributed by atoms with Crippen LogP contribution in [0.25, 0.3) is 0 Å². The zero-order chi connectivity index (χ0) is 14.1. The molecule has 2 aliphatic rings. The van der Waals surface area contributed by atoms with Gasteiger partial charge in [-0.25, -0.2) is 0 Å². The molecule has 0 radical (unpaired) electrons. The van der Waals surface area contributed by atoms with E-state index in [-0.39, 0.29) is 23.0 Å². The number of hydrogen-bond donors (Lipinski definition) is 2. The predicted molar refractivity (Wildman–Crippen MR) is 74.9 cm³/mol. The highest BCUT2D eigenvalue weighted by Gasteiger charge is 2.32. The Hall–Kier alpha value is -1.75. The summed E-state index contributed by atoms with van der Waals surface area (Å²) in [6.45, 7) is 3.52. The highest BCUT2D eigenvalue weighted by molar-refractivity contribution is 5.99. The molecule has 0 aliphatic carbocycles. The highest BCUT2D eigenvalue weighted by Crippen LogP contribution is 2.29. The lowest BCUT2D eigenvalue weighted by molar-refractivity contribution is 0.0737. The van der Waals surface area contributed by atoms with E-state index in [1.54, 1.807) is 4.90 Å². The summed E-state index contributed by atoms with van der Waals surface area (Å²) in [6.07, 6.45) is 3.25. The van der Waals surface area contributed by atoms with Crippen molar-refractivity contribution in [1.29, 1.82) is 0 Å². The Kier molecular flexibility index (Phi) is 3.53. The third-order valence-electron chi connectivity index (χ3n) is 4.33. The van der Waals surface area contributed by atoms with Gasteiger partial charge in [0.05, 0.1) is 0 Å². The molecule has 108 valence electrons. The minimum atomic E-state index is -0.269. The molecule has 0 bridgehead atoms. The van der Waals surface area contributed by atoms with Crippen LogP contribution in [0.3, 0.4) is 0 Å². The van der Waals surface area contributed by atoms with Gasteiger partial charge in [-0.2, -0.15) is 0 Å². The second-order valence-electron chi connectivity index (χ2n) is 5.61. The number of aromatic hydroxyl groups is 2. The van der Waals surface area contributed by atoms with E-state index >= 15 is 0 Å². The van der Waals surface area contributed by atoms with Crippen LogP contribution in [0.5, 0.6) is 11.5 Å². The van der Waals surface area contributed by atoms with Gasteiger partial charge in [-0.1, -0.05) is 6.07 Å². The molecule has 1 amide bonds. The number of nitrogens with zero attached hydrogens (tertiary/aromatic N) is 2. The molecule has 2 fully saturated rings. The lowest BCUT2D eigenvalue weighted by Crippen LogP contribution is -2.39. The standard InChI is InChI=1S/C15H20N2O3/c18-12-5-1-6-13(19)14(12)15(20)17-9-3-8-16-7-2-4-11(16)10-17/h1,5-6,11,18-19H,2-4,7-10H2. The maximum absolute atomic E-state index is 12.6. The van der Waals surface area contributed by atoms with Gasteiger partial charge in [0.1, 0.15) is 17.1 Å². The lowest BCUT2D eigenvalue weighted by atomic mass is 10.1. The molecular weight excluding hydrogens is 256 g/mol. The van der Waals surface area contributed by atoms with Crippen molar-refractivity contribution in [2.75, 3.05) is 26.2 Å².